The Morgan fingerprint density at radius 3 is 2.83 bits per heavy atom. The molecule has 0 saturated heterocycles. The lowest BCUT2D eigenvalue weighted by Crippen LogP contribution is -1.91. The van der Waals surface area contributed by atoms with Gasteiger partial charge in [0.05, 0.1) is 10.6 Å². The van der Waals surface area contributed by atoms with Gasteiger partial charge in [-0.25, -0.2) is 9.97 Å². The SMILES string of the molecule is CCCCCCc1ccsc1-c1ccnc(C)n1. The Hall–Kier alpha value is -1.22. The predicted octanol–water partition coefficient (Wildman–Crippen LogP) is 4.64. The monoisotopic (exact) mass is 260 g/mol. The van der Waals surface area contributed by atoms with E-state index in [-0.39, 0.29) is 0 Å². The molecule has 2 nitrogen and oxygen atoms in total. The van der Waals surface area contributed by atoms with Crippen LogP contribution in [0.4, 0.5) is 0 Å². The Kier molecular flexibility index (Phi) is 4.88. The fraction of sp³-hybridized carbons (Fsp3) is 0.467. The third-order valence-electron chi connectivity index (χ3n) is 3.06. The van der Waals surface area contributed by atoms with Crippen LogP contribution < -0.4 is 0 Å². The van der Waals surface area contributed by atoms with E-state index in [4.69, 9.17) is 0 Å². The summed E-state index contributed by atoms with van der Waals surface area (Å²) in [5, 5.41) is 2.17. The van der Waals surface area contributed by atoms with Crippen molar-refractivity contribution in [1.29, 1.82) is 0 Å². The molecule has 0 unspecified atom stereocenters. The highest BCUT2D eigenvalue weighted by molar-refractivity contribution is 7.13. The summed E-state index contributed by atoms with van der Waals surface area (Å²) >= 11 is 1.78. The van der Waals surface area contributed by atoms with Crippen LogP contribution in [-0.2, 0) is 6.42 Å². The summed E-state index contributed by atoms with van der Waals surface area (Å²) in [6, 6.07) is 4.25. The molecule has 0 amide bonds. The Morgan fingerprint density at radius 1 is 1.17 bits per heavy atom. The maximum atomic E-state index is 4.52. The highest BCUT2D eigenvalue weighted by Gasteiger charge is 2.08. The minimum Gasteiger partial charge on any atom is -0.242 e. The van der Waals surface area contributed by atoms with Gasteiger partial charge >= 0.3 is 0 Å². The molecule has 2 aromatic rings. The second kappa shape index (κ2) is 6.64. The van der Waals surface area contributed by atoms with E-state index in [2.05, 4.69) is 28.3 Å². The Balaban J connectivity index is 2.08. The van der Waals surface area contributed by atoms with E-state index in [1.807, 2.05) is 19.2 Å². The van der Waals surface area contributed by atoms with Crippen molar-refractivity contribution in [3.8, 4) is 10.6 Å². The molecule has 18 heavy (non-hydrogen) atoms. The van der Waals surface area contributed by atoms with Gasteiger partial charge in [0.2, 0.25) is 0 Å². The molecule has 0 saturated carbocycles. The van der Waals surface area contributed by atoms with E-state index in [1.165, 1.54) is 42.5 Å². The second-order valence-corrected chi connectivity index (χ2v) is 5.49. The molecule has 0 fully saturated rings. The van der Waals surface area contributed by atoms with Crippen LogP contribution in [-0.4, -0.2) is 9.97 Å². The maximum Gasteiger partial charge on any atom is 0.125 e. The van der Waals surface area contributed by atoms with Gasteiger partial charge < -0.3 is 0 Å². The Labute approximate surface area is 113 Å². The number of thiophene rings is 1. The number of nitrogens with zero attached hydrogens (tertiary/aromatic N) is 2. The van der Waals surface area contributed by atoms with Crippen LogP contribution >= 0.6 is 11.3 Å². The van der Waals surface area contributed by atoms with E-state index in [1.54, 1.807) is 11.3 Å². The minimum absolute atomic E-state index is 0.845. The van der Waals surface area contributed by atoms with E-state index >= 15 is 0 Å². The number of unbranched alkanes of at least 4 members (excludes halogenated alkanes) is 3. The smallest absolute Gasteiger partial charge is 0.125 e. The number of hydrogen-bond donors (Lipinski definition) is 0. The van der Waals surface area contributed by atoms with Gasteiger partial charge in [0, 0.05) is 6.20 Å². The van der Waals surface area contributed by atoms with Gasteiger partial charge in [0.1, 0.15) is 5.82 Å². The summed E-state index contributed by atoms with van der Waals surface area (Å²) < 4.78 is 0. The average Bonchev–Trinajstić information content (AvgIpc) is 2.83. The van der Waals surface area contributed by atoms with Crippen molar-refractivity contribution >= 4 is 11.3 Å². The number of rotatable bonds is 6. The van der Waals surface area contributed by atoms with Crippen molar-refractivity contribution in [1.82, 2.24) is 9.97 Å². The van der Waals surface area contributed by atoms with E-state index < -0.39 is 0 Å². The van der Waals surface area contributed by atoms with Crippen molar-refractivity contribution in [3.05, 3.63) is 35.1 Å². The van der Waals surface area contributed by atoms with Gasteiger partial charge in [-0.3, -0.25) is 0 Å². The molecule has 0 bridgehead atoms. The molecule has 0 aliphatic carbocycles. The molecule has 2 heterocycles. The summed E-state index contributed by atoms with van der Waals surface area (Å²) in [7, 11) is 0. The summed E-state index contributed by atoms with van der Waals surface area (Å²) in [5.74, 6) is 0.845. The molecule has 0 aromatic carbocycles. The van der Waals surface area contributed by atoms with Crippen molar-refractivity contribution < 1.29 is 0 Å². The lowest BCUT2D eigenvalue weighted by molar-refractivity contribution is 0.668. The van der Waals surface area contributed by atoms with E-state index in [9.17, 15) is 0 Å². The zero-order chi connectivity index (χ0) is 12.8. The first-order valence-corrected chi connectivity index (χ1v) is 7.55. The average molecular weight is 260 g/mol. The molecule has 0 spiro atoms. The summed E-state index contributed by atoms with van der Waals surface area (Å²) in [6.07, 6.45) is 8.25. The highest BCUT2D eigenvalue weighted by atomic mass is 32.1. The van der Waals surface area contributed by atoms with Crippen LogP contribution in [0.3, 0.4) is 0 Å². The fourth-order valence-corrected chi connectivity index (χ4v) is 3.01. The zero-order valence-electron chi connectivity index (χ0n) is 11.1. The van der Waals surface area contributed by atoms with Crippen molar-refractivity contribution in [2.45, 2.75) is 46.0 Å². The first-order valence-electron chi connectivity index (χ1n) is 6.67. The highest BCUT2D eigenvalue weighted by Crippen LogP contribution is 2.29. The molecular formula is C15H20N2S. The molecule has 2 rings (SSSR count). The van der Waals surface area contributed by atoms with E-state index in [0.717, 1.165) is 11.5 Å². The number of aromatic nitrogens is 2. The third kappa shape index (κ3) is 3.39. The van der Waals surface area contributed by atoms with Crippen LogP contribution in [0.2, 0.25) is 0 Å². The zero-order valence-corrected chi connectivity index (χ0v) is 12.0. The molecule has 0 N–H and O–H groups in total. The second-order valence-electron chi connectivity index (χ2n) is 4.57. The topological polar surface area (TPSA) is 25.8 Å². The fourth-order valence-electron chi connectivity index (χ4n) is 2.08. The van der Waals surface area contributed by atoms with Crippen LogP contribution in [0.5, 0.6) is 0 Å². The molecule has 3 heteroatoms. The molecule has 0 aliphatic rings. The van der Waals surface area contributed by atoms with Crippen LogP contribution in [0.25, 0.3) is 10.6 Å². The van der Waals surface area contributed by atoms with Crippen molar-refractivity contribution in [3.63, 3.8) is 0 Å². The van der Waals surface area contributed by atoms with Crippen LogP contribution in [0.15, 0.2) is 23.7 Å². The summed E-state index contributed by atoms with van der Waals surface area (Å²) in [5.41, 5.74) is 2.51. The Morgan fingerprint density at radius 2 is 2.06 bits per heavy atom. The first kappa shape index (κ1) is 13.2. The van der Waals surface area contributed by atoms with Gasteiger partial charge in [-0.2, -0.15) is 0 Å². The van der Waals surface area contributed by atoms with Crippen molar-refractivity contribution in [2.75, 3.05) is 0 Å². The largest absolute Gasteiger partial charge is 0.242 e. The molecule has 2 aromatic heterocycles. The lowest BCUT2D eigenvalue weighted by atomic mass is 10.1. The molecular weight excluding hydrogens is 240 g/mol. The van der Waals surface area contributed by atoms with Gasteiger partial charge in [-0.05, 0) is 42.8 Å². The van der Waals surface area contributed by atoms with Crippen LogP contribution in [0, 0.1) is 6.92 Å². The lowest BCUT2D eigenvalue weighted by Gasteiger charge is -2.04. The van der Waals surface area contributed by atoms with Gasteiger partial charge in [-0.15, -0.1) is 11.3 Å². The van der Waals surface area contributed by atoms with Gasteiger partial charge in [-0.1, -0.05) is 26.2 Å². The van der Waals surface area contributed by atoms with Gasteiger partial charge in [0.25, 0.3) is 0 Å². The summed E-state index contributed by atoms with van der Waals surface area (Å²) in [6.45, 7) is 4.19. The molecule has 0 atom stereocenters. The van der Waals surface area contributed by atoms with E-state index in [0.29, 0.717) is 0 Å². The first-order chi connectivity index (χ1) is 8.81. The summed E-state index contributed by atoms with van der Waals surface area (Å²) in [4.78, 5) is 10.00. The Bertz CT molecular complexity index is 491. The minimum atomic E-state index is 0.845. The predicted molar refractivity (Wildman–Crippen MR) is 77.9 cm³/mol. The third-order valence-corrected chi connectivity index (χ3v) is 4.03. The standard InChI is InChI=1S/C15H20N2S/c1-3-4-5-6-7-13-9-11-18-15(13)14-8-10-16-12(2)17-14/h8-11H,3-7H2,1-2H3. The van der Waals surface area contributed by atoms with Gasteiger partial charge in [0.15, 0.2) is 0 Å². The maximum absolute atomic E-state index is 4.52. The molecule has 0 radical (unpaired) electrons. The van der Waals surface area contributed by atoms with Crippen LogP contribution in [0.1, 0.15) is 44.0 Å². The molecule has 0 aliphatic heterocycles. The van der Waals surface area contributed by atoms with Crippen molar-refractivity contribution in [2.24, 2.45) is 0 Å². The normalized spacial score (nSPS) is 10.8. The quantitative estimate of drug-likeness (QED) is 0.707. The molecule has 96 valence electrons. The number of aryl methyl sites for hydroxylation is 2. The number of hydrogen-bond acceptors (Lipinski definition) is 3.